The lowest BCUT2D eigenvalue weighted by atomic mass is 9.96. The molecule has 2 aromatic rings. The van der Waals surface area contributed by atoms with E-state index in [-0.39, 0.29) is 11.9 Å². The third-order valence-corrected chi connectivity index (χ3v) is 3.94. The fraction of sp³-hybridized carbons (Fsp3) is 0.250. The van der Waals surface area contributed by atoms with Crippen LogP contribution >= 0.6 is 15.9 Å². The van der Waals surface area contributed by atoms with Crippen molar-refractivity contribution >= 4 is 15.9 Å². The maximum atomic E-state index is 13.9. The highest BCUT2D eigenvalue weighted by Crippen LogP contribution is 2.18. The number of nitrogens with one attached hydrogen (secondary N) is 1. The van der Waals surface area contributed by atoms with Gasteiger partial charge >= 0.3 is 0 Å². The van der Waals surface area contributed by atoms with Gasteiger partial charge in [0.15, 0.2) is 0 Å². The lowest BCUT2D eigenvalue weighted by Gasteiger charge is -2.17. The van der Waals surface area contributed by atoms with Gasteiger partial charge in [0.1, 0.15) is 5.82 Å². The Bertz CT molecular complexity index is 586. The molecule has 0 saturated carbocycles. The van der Waals surface area contributed by atoms with E-state index in [4.69, 9.17) is 5.84 Å². The van der Waals surface area contributed by atoms with E-state index in [9.17, 15) is 4.39 Å². The molecule has 0 aromatic heterocycles. The van der Waals surface area contributed by atoms with Crippen molar-refractivity contribution in [2.75, 3.05) is 0 Å². The highest BCUT2D eigenvalue weighted by Gasteiger charge is 2.13. The van der Waals surface area contributed by atoms with Gasteiger partial charge in [-0.2, -0.15) is 0 Å². The molecule has 2 nitrogen and oxygen atoms in total. The minimum Gasteiger partial charge on any atom is -0.271 e. The fourth-order valence-electron chi connectivity index (χ4n) is 2.25. The summed E-state index contributed by atoms with van der Waals surface area (Å²) in [6.07, 6.45) is 1.34. The van der Waals surface area contributed by atoms with Crippen molar-refractivity contribution in [1.82, 2.24) is 5.43 Å². The van der Waals surface area contributed by atoms with Gasteiger partial charge in [-0.1, -0.05) is 46.3 Å². The third-order valence-electron chi connectivity index (χ3n) is 3.44. The van der Waals surface area contributed by atoms with E-state index >= 15 is 0 Å². The quantitative estimate of drug-likeness (QED) is 0.647. The van der Waals surface area contributed by atoms with Crippen LogP contribution in [0.25, 0.3) is 0 Å². The highest BCUT2D eigenvalue weighted by atomic mass is 79.9. The van der Waals surface area contributed by atoms with Gasteiger partial charge in [-0.3, -0.25) is 11.3 Å². The summed E-state index contributed by atoms with van der Waals surface area (Å²) < 4.78 is 14.6. The Balaban J connectivity index is 2.11. The molecule has 0 heterocycles. The third kappa shape index (κ3) is 3.88. The zero-order chi connectivity index (χ0) is 14.5. The summed E-state index contributed by atoms with van der Waals surface area (Å²) in [6.45, 7) is 2.07. The maximum absolute atomic E-state index is 13.9. The molecule has 1 unspecified atom stereocenters. The second kappa shape index (κ2) is 6.97. The van der Waals surface area contributed by atoms with E-state index in [0.29, 0.717) is 12.0 Å². The van der Waals surface area contributed by atoms with Gasteiger partial charge in [0, 0.05) is 10.5 Å². The second-order valence-corrected chi connectivity index (χ2v) is 5.85. The van der Waals surface area contributed by atoms with E-state index in [1.807, 2.05) is 18.2 Å². The molecule has 0 fully saturated rings. The van der Waals surface area contributed by atoms with Crippen LogP contribution in [0, 0.1) is 12.7 Å². The molecule has 0 aliphatic rings. The molecule has 20 heavy (non-hydrogen) atoms. The summed E-state index contributed by atoms with van der Waals surface area (Å²) in [7, 11) is 0. The molecular weight excluding hydrogens is 319 g/mol. The number of aryl methyl sites for hydroxylation is 1. The predicted octanol–water partition coefficient (Wildman–Crippen LogP) is 3.51. The van der Waals surface area contributed by atoms with Crippen molar-refractivity contribution in [2.45, 2.75) is 25.8 Å². The number of nitrogens with two attached hydrogens (primary N) is 1. The van der Waals surface area contributed by atoms with E-state index in [1.54, 1.807) is 6.07 Å². The Kier molecular flexibility index (Phi) is 5.29. The Morgan fingerprint density at radius 1 is 1.15 bits per heavy atom. The zero-order valence-corrected chi connectivity index (χ0v) is 13.0. The number of rotatable bonds is 5. The Morgan fingerprint density at radius 2 is 1.85 bits per heavy atom. The number of halogens is 2. The summed E-state index contributed by atoms with van der Waals surface area (Å²) in [4.78, 5) is 0. The molecule has 4 heteroatoms. The molecule has 0 saturated heterocycles. The number of hydrogen-bond donors (Lipinski definition) is 2. The monoisotopic (exact) mass is 336 g/mol. The van der Waals surface area contributed by atoms with Gasteiger partial charge in [0.05, 0.1) is 0 Å². The number of hydrazine groups is 1. The predicted molar refractivity (Wildman–Crippen MR) is 83.8 cm³/mol. The Hall–Kier alpha value is -1.23. The zero-order valence-electron chi connectivity index (χ0n) is 11.4. The van der Waals surface area contributed by atoms with E-state index < -0.39 is 0 Å². The number of benzene rings is 2. The van der Waals surface area contributed by atoms with Gasteiger partial charge in [0.2, 0.25) is 0 Å². The molecule has 3 N–H and O–H groups in total. The molecule has 0 spiro atoms. The fourth-order valence-corrected chi connectivity index (χ4v) is 2.58. The largest absolute Gasteiger partial charge is 0.271 e. The SMILES string of the molecule is Cc1ccccc1CC(Cc1ccc(Br)cc1F)NN. The van der Waals surface area contributed by atoms with Crippen molar-refractivity contribution in [3.8, 4) is 0 Å². The van der Waals surface area contributed by atoms with Crippen LogP contribution in [0.4, 0.5) is 4.39 Å². The summed E-state index contributed by atoms with van der Waals surface area (Å²) in [6, 6.07) is 13.3. The molecule has 0 bridgehead atoms. The van der Waals surface area contributed by atoms with Crippen LogP contribution in [0.5, 0.6) is 0 Å². The molecule has 106 valence electrons. The molecule has 0 radical (unpaired) electrons. The van der Waals surface area contributed by atoms with Gasteiger partial charge in [-0.15, -0.1) is 0 Å². The van der Waals surface area contributed by atoms with Crippen LogP contribution in [-0.2, 0) is 12.8 Å². The normalized spacial score (nSPS) is 12.4. The first kappa shape index (κ1) is 15.2. The minimum absolute atomic E-state index is 0.00627. The average Bonchev–Trinajstić information content (AvgIpc) is 2.43. The van der Waals surface area contributed by atoms with E-state index in [1.165, 1.54) is 17.2 Å². The van der Waals surface area contributed by atoms with Gasteiger partial charge in [-0.25, -0.2) is 4.39 Å². The molecule has 0 aliphatic heterocycles. The first-order valence-corrected chi connectivity index (χ1v) is 7.34. The number of hydrogen-bond acceptors (Lipinski definition) is 2. The average molecular weight is 337 g/mol. The van der Waals surface area contributed by atoms with Crippen molar-refractivity contribution in [1.29, 1.82) is 0 Å². The van der Waals surface area contributed by atoms with Crippen LogP contribution < -0.4 is 11.3 Å². The molecule has 0 amide bonds. The summed E-state index contributed by atoms with van der Waals surface area (Å²) >= 11 is 3.26. The molecule has 2 rings (SSSR count). The standard InChI is InChI=1S/C16H18BrFN2/c1-11-4-2-3-5-12(11)8-15(20-19)9-13-6-7-14(17)10-16(13)18/h2-7,10,15,20H,8-9,19H2,1H3. The Labute approximate surface area is 127 Å². The van der Waals surface area contributed by atoms with Crippen LogP contribution in [-0.4, -0.2) is 6.04 Å². The lowest BCUT2D eigenvalue weighted by Crippen LogP contribution is -2.38. The van der Waals surface area contributed by atoms with Crippen molar-refractivity contribution < 1.29 is 4.39 Å². The first-order valence-electron chi connectivity index (χ1n) is 6.54. The lowest BCUT2D eigenvalue weighted by molar-refractivity contribution is 0.505. The summed E-state index contributed by atoms with van der Waals surface area (Å²) in [5, 5.41) is 0. The topological polar surface area (TPSA) is 38.0 Å². The van der Waals surface area contributed by atoms with Gasteiger partial charge in [-0.05, 0) is 48.6 Å². The molecule has 1 atom stereocenters. The van der Waals surface area contributed by atoms with Crippen molar-refractivity contribution in [3.05, 3.63) is 69.4 Å². The van der Waals surface area contributed by atoms with Gasteiger partial charge in [0.25, 0.3) is 0 Å². The second-order valence-electron chi connectivity index (χ2n) is 4.93. The van der Waals surface area contributed by atoms with Crippen molar-refractivity contribution in [2.24, 2.45) is 5.84 Å². The summed E-state index contributed by atoms with van der Waals surface area (Å²) in [5.41, 5.74) is 5.92. The van der Waals surface area contributed by atoms with Crippen LogP contribution in [0.2, 0.25) is 0 Å². The Morgan fingerprint density at radius 3 is 2.50 bits per heavy atom. The minimum atomic E-state index is -0.204. The molecule has 2 aromatic carbocycles. The maximum Gasteiger partial charge on any atom is 0.127 e. The molecular formula is C16H18BrFN2. The van der Waals surface area contributed by atoms with Crippen molar-refractivity contribution in [3.63, 3.8) is 0 Å². The van der Waals surface area contributed by atoms with Crippen LogP contribution in [0.3, 0.4) is 0 Å². The smallest absolute Gasteiger partial charge is 0.127 e. The van der Waals surface area contributed by atoms with Crippen LogP contribution in [0.15, 0.2) is 46.9 Å². The summed E-state index contributed by atoms with van der Waals surface area (Å²) in [5.74, 6) is 5.41. The first-order chi connectivity index (χ1) is 9.60. The molecule has 0 aliphatic carbocycles. The van der Waals surface area contributed by atoms with E-state index in [0.717, 1.165) is 10.9 Å². The van der Waals surface area contributed by atoms with E-state index in [2.05, 4.69) is 40.4 Å². The van der Waals surface area contributed by atoms with Gasteiger partial charge < -0.3 is 0 Å². The highest BCUT2D eigenvalue weighted by molar-refractivity contribution is 9.10. The van der Waals surface area contributed by atoms with Crippen LogP contribution in [0.1, 0.15) is 16.7 Å².